The molecule has 0 aliphatic carbocycles. The molecule has 11 nitrogen and oxygen atoms in total. The number of fused-ring (bicyclic) bond motifs is 1. The molecule has 0 fully saturated rings. The van der Waals surface area contributed by atoms with Gasteiger partial charge in [0.15, 0.2) is 0 Å². The van der Waals surface area contributed by atoms with Crippen molar-refractivity contribution in [1.29, 1.82) is 5.26 Å². The topological polar surface area (TPSA) is 160 Å². The van der Waals surface area contributed by atoms with Gasteiger partial charge in [-0.1, -0.05) is 23.7 Å². The molecule has 0 saturated carbocycles. The van der Waals surface area contributed by atoms with Crippen molar-refractivity contribution < 1.29 is 28.2 Å². The molecule has 2 aromatic carbocycles. The van der Waals surface area contributed by atoms with Gasteiger partial charge < -0.3 is 20.1 Å². The van der Waals surface area contributed by atoms with E-state index in [0.717, 1.165) is 11.1 Å². The number of ether oxygens (including phenoxy) is 2. The largest absolute Gasteiger partial charge is 0.438 e. The van der Waals surface area contributed by atoms with E-state index in [2.05, 4.69) is 20.2 Å². The summed E-state index contributed by atoms with van der Waals surface area (Å²) in [4.78, 5) is 41.0. The number of esters is 1. The van der Waals surface area contributed by atoms with Crippen LogP contribution >= 0.6 is 11.6 Å². The lowest BCUT2D eigenvalue weighted by Gasteiger charge is -2.29. The first-order chi connectivity index (χ1) is 18.2. The van der Waals surface area contributed by atoms with Gasteiger partial charge >= 0.3 is 12.1 Å². The summed E-state index contributed by atoms with van der Waals surface area (Å²) in [5, 5.41) is 12.6. The van der Waals surface area contributed by atoms with Crippen molar-refractivity contribution in [2.75, 3.05) is 12.0 Å². The van der Waals surface area contributed by atoms with Crippen LogP contribution in [0, 0.1) is 17.1 Å². The molecule has 0 atom stereocenters. The molecule has 2 amide bonds. The Hall–Kier alpha value is -5.02. The number of aromatic nitrogens is 1. The summed E-state index contributed by atoms with van der Waals surface area (Å²) >= 11 is 6.25. The number of carbonyl (C=O) groups is 3. The molecule has 0 unspecified atom stereocenters. The fourth-order valence-corrected chi connectivity index (χ4v) is 3.79. The highest BCUT2D eigenvalue weighted by molar-refractivity contribution is 6.44. The lowest BCUT2D eigenvalue weighted by Crippen LogP contribution is -2.37. The zero-order valence-electron chi connectivity index (χ0n) is 19.5. The van der Waals surface area contributed by atoms with Crippen LogP contribution in [0.5, 0.6) is 11.6 Å². The Morgan fingerprint density at radius 3 is 2.68 bits per heavy atom. The fourth-order valence-electron chi connectivity index (χ4n) is 3.59. The average Bonchev–Trinajstić information content (AvgIpc) is 2.88. The average molecular weight is 537 g/mol. The predicted molar refractivity (Wildman–Crippen MR) is 133 cm³/mol. The number of nitrogens with one attached hydrogen (secondary N) is 1. The van der Waals surface area contributed by atoms with Gasteiger partial charge in [0, 0.05) is 18.7 Å². The number of benzene rings is 2. The maximum atomic E-state index is 13.2. The maximum Gasteiger partial charge on any atom is 0.412 e. The first kappa shape index (κ1) is 26.1. The van der Waals surface area contributed by atoms with Crippen molar-refractivity contribution >= 4 is 41.0 Å². The number of halogens is 2. The minimum Gasteiger partial charge on any atom is -0.438 e. The van der Waals surface area contributed by atoms with Crippen molar-refractivity contribution in [3.63, 3.8) is 0 Å². The third-order valence-electron chi connectivity index (χ3n) is 5.34. The van der Waals surface area contributed by atoms with Crippen LogP contribution in [-0.2, 0) is 22.5 Å². The van der Waals surface area contributed by atoms with Crippen molar-refractivity contribution in [2.24, 2.45) is 10.8 Å². The third-order valence-corrected chi connectivity index (χ3v) is 5.61. The lowest BCUT2D eigenvalue weighted by atomic mass is 9.98. The molecular weight excluding hydrogens is 519 g/mol. The smallest absolute Gasteiger partial charge is 0.412 e. The van der Waals surface area contributed by atoms with Crippen molar-refractivity contribution in [1.82, 2.24) is 9.88 Å². The minimum absolute atomic E-state index is 0.0647. The van der Waals surface area contributed by atoms with Crippen LogP contribution in [-0.4, -0.2) is 40.1 Å². The molecule has 1 aromatic heterocycles. The van der Waals surface area contributed by atoms with E-state index < -0.39 is 17.8 Å². The van der Waals surface area contributed by atoms with Gasteiger partial charge in [-0.25, -0.2) is 19.0 Å². The predicted octanol–water partition coefficient (Wildman–Crippen LogP) is 3.78. The van der Waals surface area contributed by atoms with E-state index >= 15 is 0 Å². The third kappa shape index (κ3) is 6.21. The van der Waals surface area contributed by atoms with Gasteiger partial charge in [-0.2, -0.15) is 10.4 Å². The van der Waals surface area contributed by atoms with Crippen LogP contribution in [0.4, 0.5) is 14.9 Å². The number of hydrogen-bond donors (Lipinski definition) is 2. The summed E-state index contributed by atoms with van der Waals surface area (Å²) in [6.07, 6.45) is 0.507. The molecule has 2 heterocycles. The molecule has 0 spiro atoms. The van der Waals surface area contributed by atoms with Gasteiger partial charge in [0.1, 0.15) is 22.7 Å². The lowest BCUT2D eigenvalue weighted by molar-refractivity contribution is -0.129. The highest BCUT2D eigenvalue weighted by Crippen LogP contribution is 2.31. The molecule has 0 radical (unpaired) electrons. The number of rotatable bonds is 7. The molecule has 3 N–H and O–H groups in total. The molecule has 13 heteroatoms. The molecule has 0 bridgehead atoms. The standard InChI is InChI=1S/C25H18ClFN6O5/c26-20-10-17(31-32-21(11-28)24(35)38-25(29)36)12-30-22(20)37-18-5-6-19-15(9-18)7-8-33(23(19)34)13-14-1-3-16(27)4-2-14/h1-6,9-10,12,31H,7-8,13H2,(H2,29,36). The van der Waals surface area contributed by atoms with E-state index in [1.165, 1.54) is 30.5 Å². The molecular formula is C25H18ClFN6O5. The Labute approximate surface area is 220 Å². The van der Waals surface area contributed by atoms with Crippen LogP contribution in [0.3, 0.4) is 0 Å². The molecule has 0 saturated heterocycles. The summed E-state index contributed by atoms with van der Waals surface area (Å²) < 4.78 is 23.0. The van der Waals surface area contributed by atoms with Gasteiger partial charge in [-0.15, -0.1) is 0 Å². The van der Waals surface area contributed by atoms with Gasteiger partial charge in [0.2, 0.25) is 11.6 Å². The zero-order valence-corrected chi connectivity index (χ0v) is 20.2. The highest BCUT2D eigenvalue weighted by Gasteiger charge is 2.25. The van der Waals surface area contributed by atoms with Gasteiger partial charge in [-0.3, -0.25) is 10.2 Å². The van der Waals surface area contributed by atoms with Gasteiger partial charge in [0.05, 0.1) is 11.9 Å². The highest BCUT2D eigenvalue weighted by atomic mass is 35.5. The summed E-state index contributed by atoms with van der Waals surface area (Å²) in [6, 6.07) is 13.9. The maximum absolute atomic E-state index is 13.2. The molecule has 192 valence electrons. The Kier molecular flexibility index (Phi) is 7.79. The fraction of sp³-hybridized carbons (Fsp3) is 0.120. The SMILES string of the molecule is N#CC(=NNc1cnc(Oc2ccc3c(c2)CCN(Cc2ccc(F)cc2)C3=O)c(Cl)c1)C(=O)OC(N)=O. The number of amides is 2. The Bertz CT molecular complexity index is 1490. The van der Waals surface area contributed by atoms with E-state index in [-0.39, 0.29) is 28.3 Å². The molecule has 1 aliphatic heterocycles. The zero-order chi connectivity index (χ0) is 27.2. The number of anilines is 1. The normalized spacial score (nSPS) is 12.8. The monoisotopic (exact) mass is 536 g/mol. The summed E-state index contributed by atoms with van der Waals surface area (Å²) in [5.41, 5.74) is 8.78. The summed E-state index contributed by atoms with van der Waals surface area (Å²) in [7, 11) is 0. The molecule has 38 heavy (non-hydrogen) atoms. The van der Waals surface area contributed by atoms with E-state index in [9.17, 15) is 18.8 Å². The molecule has 1 aliphatic rings. The minimum atomic E-state index is -1.38. The number of pyridine rings is 1. The second-order valence-corrected chi connectivity index (χ2v) is 8.33. The molecule has 3 aromatic rings. The van der Waals surface area contributed by atoms with Crippen LogP contribution in [0.1, 0.15) is 21.5 Å². The van der Waals surface area contributed by atoms with Crippen molar-refractivity contribution in [2.45, 2.75) is 13.0 Å². The first-order valence-electron chi connectivity index (χ1n) is 11.0. The van der Waals surface area contributed by atoms with Gasteiger partial charge in [-0.05, 0) is 53.9 Å². The second-order valence-electron chi connectivity index (χ2n) is 7.93. The van der Waals surface area contributed by atoms with E-state index in [4.69, 9.17) is 27.3 Å². The second kappa shape index (κ2) is 11.4. The van der Waals surface area contributed by atoms with Crippen molar-refractivity contribution in [3.05, 3.63) is 82.3 Å². The number of nitriles is 1. The van der Waals surface area contributed by atoms with Crippen LogP contribution in [0.15, 0.2) is 59.8 Å². The van der Waals surface area contributed by atoms with E-state index in [1.54, 1.807) is 35.2 Å². The number of nitrogens with two attached hydrogens (primary N) is 1. The van der Waals surface area contributed by atoms with Crippen LogP contribution in [0.2, 0.25) is 5.02 Å². The van der Waals surface area contributed by atoms with Crippen molar-refractivity contribution in [3.8, 4) is 17.7 Å². The Morgan fingerprint density at radius 1 is 1.24 bits per heavy atom. The van der Waals surface area contributed by atoms with E-state index in [1.807, 2.05) is 0 Å². The summed E-state index contributed by atoms with van der Waals surface area (Å²) in [6.45, 7) is 0.868. The summed E-state index contributed by atoms with van der Waals surface area (Å²) in [5.74, 6) is -1.31. The Morgan fingerprint density at radius 2 is 2.00 bits per heavy atom. The van der Waals surface area contributed by atoms with Crippen LogP contribution < -0.4 is 15.9 Å². The number of hydrazone groups is 1. The van der Waals surface area contributed by atoms with Crippen LogP contribution in [0.25, 0.3) is 0 Å². The molecule has 4 rings (SSSR count). The van der Waals surface area contributed by atoms with E-state index in [0.29, 0.717) is 30.8 Å². The Balaban J connectivity index is 1.42. The number of hydrogen-bond acceptors (Lipinski definition) is 9. The number of carbonyl (C=O) groups excluding carboxylic acids is 3. The first-order valence-corrected chi connectivity index (χ1v) is 11.4. The number of nitrogens with zero attached hydrogens (tertiary/aromatic N) is 4. The quantitative estimate of drug-likeness (QED) is 0.200. The van der Waals surface area contributed by atoms with Gasteiger partial charge in [0.25, 0.3) is 5.91 Å². The number of primary amides is 1.